The summed E-state index contributed by atoms with van der Waals surface area (Å²) in [4.78, 5) is 14.7. The van der Waals surface area contributed by atoms with Gasteiger partial charge in [0.25, 0.3) is 5.91 Å². The fourth-order valence-electron chi connectivity index (χ4n) is 3.43. The third-order valence-electron chi connectivity index (χ3n) is 4.78. The van der Waals surface area contributed by atoms with E-state index in [9.17, 15) is 4.79 Å². The van der Waals surface area contributed by atoms with Gasteiger partial charge in [0.05, 0.1) is 16.8 Å². The first kappa shape index (κ1) is 22.3. The maximum atomic E-state index is 12.5. The molecule has 0 aromatic carbocycles. The molecule has 2 unspecified atom stereocenters. The van der Waals surface area contributed by atoms with Gasteiger partial charge in [0.2, 0.25) is 0 Å². The van der Waals surface area contributed by atoms with Crippen LogP contribution in [-0.2, 0) is 4.79 Å². The van der Waals surface area contributed by atoms with Gasteiger partial charge in [-0.1, -0.05) is 37.9 Å². The number of likely N-dealkylation sites (N-methyl/N-ethyl adjacent to an activating group) is 1. The summed E-state index contributed by atoms with van der Waals surface area (Å²) in [5, 5.41) is 3.69. The molecule has 0 saturated carbocycles. The first-order valence-electron chi connectivity index (χ1n) is 9.17. The van der Waals surface area contributed by atoms with E-state index in [1.54, 1.807) is 6.92 Å². The van der Waals surface area contributed by atoms with Crippen molar-refractivity contribution in [1.29, 1.82) is 0 Å². The fraction of sp³-hybridized carbons (Fsp3) is 0.550. The van der Waals surface area contributed by atoms with Crippen LogP contribution in [-0.4, -0.2) is 30.4 Å². The standard InChI is InChI=1S/C20H33ClN4O/c1-7-9-12(3)19-15(10-17(21)18(8-2)25(19)6)14(5)24-20(26)16(11-22)13(4)23/h8,10,12,14H,7,9,11,22-23H2,1-6H3,(H,24,26)/b16-13-,18-8-. The molecule has 26 heavy (non-hydrogen) atoms. The van der Waals surface area contributed by atoms with Crippen LogP contribution in [0.4, 0.5) is 0 Å². The topological polar surface area (TPSA) is 84.4 Å². The second-order valence-corrected chi connectivity index (χ2v) is 7.22. The van der Waals surface area contributed by atoms with Crippen molar-refractivity contribution in [2.24, 2.45) is 17.4 Å². The van der Waals surface area contributed by atoms with Gasteiger partial charge >= 0.3 is 0 Å². The summed E-state index contributed by atoms with van der Waals surface area (Å²) in [6, 6.07) is -0.215. The molecular weight excluding hydrogens is 348 g/mol. The van der Waals surface area contributed by atoms with Crippen LogP contribution in [0.25, 0.3) is 0 Å². The normalized spacial score (nSPS) is 19.9. The Bertz CT molecular complexity index is 657. The van der Waals surface area contributed by atoms with Crippen LogP contribution in [0.2, 0.25) is 0 Å². The number of hydrogen-bond acceptors (Lipinski definition) is 4. The van der Waals surface area contributed by atoms with E-state index in [0.29, 0.717) is 22.2 Å². The van der Waals surface area contributed by atoms with Crippen LogP contribution in [0.3, 0.4) is 0 Å². The van der Waals surface area contributed by atoms with E-state index in [1.165, 1.54) is 5.70 Å². The Labute approximate surface area is 162 Å². The SMILES string of the molecule is C/C=C1/C(Cl)=CC(C(C)NC(=O)/C(CN)=C(/C)N)=C(C(C)CCC)N1C. The van der Waals surface area contributed by atoms with Crippen LogP contribution < -0.4 is 16.8 Å². The average molecular weight is 381 g/mol. The third kappa shape index (κ3) is 4.92. The molecule has 2 atom stereocenters. The Hall–Kier alpha value is -1.72. The molecule has 6 heteroatoms. The number of nitrogens with one attached hydrogen (secondary N) is 1. The van der Waals surface area contributed by atoms with Gasteiger partial charge in [-0.05, 0) is 44.8 Å². The number of rotatable bonds is 7. The first-order chi connectivity index (χ1) is 12.2. The predicted octanol–water partition coefficient (Wildman–Crippen LogP) is 3.34. The Morgan fingerprint density at radius 1 is 1.42 bits per heavy atom. The lowest BCUT2D eigenvalue weighted by molar-refractivity contribution is -0.117. The summed E-state index contributed by atoms with van der Waals surface area (Å²) in [6.45, 7) is 10.1. The number of carbonyl (C=O) groups excluding carboxylic acids is 1. The number of hydrogen-bond donors (Lipinski definition) is 3. The average Bonchev–Trinajstić information content (AvgIpc) is 2.54. The predicted molar refractivity (Wildman–Crippen MR) is 110 cm³/mol. The smallest absolute Gasteiger partial charge is 0.250 e. The first-order valence-corrected chi connectivity index (χ1v) is 9.55. The van der Waals surface area contributed by atoms with Gasteiger partial charge in [-0.3, -0.25) is 4.79 Å². The van der Waals surface area contributed by atoms with Crippen molar-refractivity contribution >= 4 is 17.5 Å². The van der Waals surface area contributed by atoms with Crippen LogP contribution in [0, 0.1) is 5.92 Å². The summed E-state index contributed by atoms with van der Waals surface area (Å²) in [5.41, 5.74) is 15.5. The zero-order chi connectivity index (χ0) is 20.0. The van der Waals surface area contributed by atoms with Crippen molar-refractivity contribution < 1.29 is 4.79 Å². The summed E-state index contributed by atoms with van der Waals surface area (Å²) >= 11 is 6.50. The van der Waals surface area contributed by atoms with Crippen molar-refractivity contribution in [1.82, 2.24) is 10.2 Å². The molecule has 1 heterocycles. The summed E-state index contributed by atoms with van der Waals surface area (Å²) in [7, 11) is 2.02. The Morgan fingerprint density at radius 3 is 2.50 bits per heavy atom. The Balaban J connectivity index is 3.31. The van der Waals surface area contributed by atoms with E-state index >= 15 is 0 Å². The highest BCUT2D eigenvalue weighted by Crippen LogP contribution is 2.36. The highest BCUT2D eigenvalue weighted by molar-refractivity contribution is 6.32. The highest BCUT2D eigenvalue weighted by atomic mass is 35.5. The molecule has 1 aliphatic rings. The van der Waals surface area contributed by atoms with E-state index < -0.39 is 0 Å². The minimum atomic E-state index is -0.237. The van der Waals surface area contributed by atoms with Crippen LogP contribution in [0.15, 0.2) is 45.4 Å². The molecule has 0 fully saturated rings. The molecule has 0 aromatic rings. The van der Waals surface area contributed by atoms with Gasteiger partial charge in [-0.15, -0.1) is 0 Å². The van der Waals surface area contributed by atoms with E-state index in [1.807, 2.05) is 33.0 Å². The molecule has 0 aliphatic carbocycles. The minimum Gasteiger partial charge on any atom is -0.402 e. The molecule has 0 aromatic heterocycles. The third-order valence-corrected chi connectivity index (χ3v) is 5.08. The lowest BCUT2D eigenvalue weighted by Gasteiger charge is -2.36. The van der Waals surface area contributed by atoms with Crippen molar-refractivity contribution in [3.05, 3.63) is 45.4 Å². The lowest BCUT2D eigenvalue weighted by Crippen LogP contribution is -2.40. The number of carbonyl (C=O) groups is 1. The molecule has 0 radical (unpaired) electrons. The lowest BCUT2D eigenvalue weighted by atomic mass is 9.90. The number of allylic oxidation sites excluding steroid dienone is 4. The Kier molecular flexibility index (Phi) is 8.44. The zero-order valence-corrected chi connectivity index (χ0v) is 17.6. The second-order valence-electron chi connectivity index (χ2n) is 6.82. The molecule has 0 spiro atoms. The molecule has 5 nitrogen and oxygen atoms in total. The van der Waals surface area contributed by atoms with Crippen molar-refractivity contribution in [3.63, 3.8) is 0 Å². The second kappa shape index (κ2) is 9.83. The van der Waals surface area contributed by atoms with Crippen LogP contribution >= 0.6 is 11.6 Å². The van der Waals surface area contributed by atoms with Gasteiger partial charge in [-0.2, -0.15) is 0 Å². The summed E-state index contributed by atoms with van der Waals surface area (Å²) in [5.74, 6) is 0.107. The van der Waals surface area contributed by atoms with Crippen LogP contribution in [0.1, 0.15) is 47.5 Å². The maximum Gasteiger partial charge on any atom is 0.250 e. The summed E-state index contributed by atoms with van der Waals surface area (Å²) < 4.78 is 0. The van der Waals surface area contributed by atoms with Gasteiger partial charge in [-0.25, -0.2) is 0 Å². The quantitative estimate of drug-likeness (QED) is 0.591. The molecule has 0 saturated heterocycles. The fourth-order valence-corrected chi connectivity index (χ4v) is 3.78. The monoisotopic (exact) mass is 380 g/mol. The number of nitrogens with zero attached hydrogens (tertiary/aromatic N) is 1. The number of amides is 1. The molecule has 1 aliphatic heterocycles. The maximum absolute atomic E-state index is 12.5. The van der Waals surface area contributed by atoms with E-state index in [0.717, 1.165) is 24.1 Å². The van der Waals surface area contributed by atoms with Crippen molar-refractivity contribution in [2.45, 2.75) is 53.5 Å². The van der Waals surface area contributed by atoms with Crippen molar-refractivity contribution in [3.8, 4) is 0 Å². The summed E-state index contributed by atoms with van der Waals surface area (Å²) in [6.07, 6.45) is 6.11. The molecule has 1 amide bonds. The Morgan fingerprint density at radius 2 is 2.04 bits per heavy atom. The molecular formula is C20H33ClN4O. The number of halogens is 1. The van der Waals surface area contributed by atoms with E-state index in [-0.39, 0.29) is 18.5 Å². The van der Waals surface area contributed by atoms with Gasteiger partial charge in [0.15, 0.2) is 0 Å². The van der Waals surface area contributed by atoms with Gasteiger partial charge < -0.3 is 21.7 Å². The van der Waals surface area contributed by atoms with E-state index in [2.05, 4.69) is 24.1 Å². The molecule has 0 bridgehead atoms. The molecule has 1 rings (SSSR count). The van der Waals surface area contributed by atoms with Gasteiger partial charge in [0, 0.05) is 30.6 Å². The number of nitrogens with two attached hydrogens (primary N) is 2. The van der Waals surface area contributed by atoms with Crippen molar-refractivity contribution in [2.75, 3.05) is 13.6 Å². The molecule has 146 valence electrons. The largest absolute Gasteiger partial charge is 0.402 e. The van der Waals surface area contributed by atoms with Crippen LogP contribution in [0.5, 0.6) is 0 Å². The zero-order valence-electron chi connectivity index (χ0n) is 16.8. The minimum absolute atomic E-state index is 0.109. The van der Waals surface area contributed by atoms with E-state index in [4.69, 9.17) is 23.1 Å². The van der Waals surface area contributed by atoms with Gasteiger partial charge in [0.1, 0.15) is 0 Å². The molecule has 5 N–H and O–H groups in total. The highest BCUT2D eigenvalue weighted by Gasteiger charge is 2.28.